The Morgan fingerprint density at radius 3 is 3.09 bits per heavy atom. The number of fused-ring (bicyclic) bond motifs is 3. The van der Waals surface area contributed by atoms with Crippen LogP contribution in [0.15, 0.2) is 22.6 Å². The highest BCUT2D eigenvalue weighted by atomic mass is 32.2. The molecule has 1 aliphatic rings. The quantitative estimate of drug-likeness (QED) is 0.831. The average Bonchev–Trinajstić information content (AvgIpc) is 2.91. The highest BCUT2D eigenvalue weighted by Crippen LogP contribution is 2.33. The van der Waals surface area contributed by atoms with E-state index in [1.807, 2.05) is 24.5 Å². The van der Waals surface area contributed by atoms with Crippen LogP contribution < -0.4 is 10.1 Å². The van der Waals surface area contributed by atoms with Crippen molar-refractivity contribution in [1.29, 1.82) is 0 Å². The van der Waals surface area contributed by atoms with Crippen LogP contribution in [0.1, 0.15) is 24.2 Å². The Hall–Kier alpha value is -1.62. The van der Waals surface area contributed by atoms with E-state index in [1.165, 1.54) is 18.4 Å². The summed E-state index contributed by atoms with van der Waals surface area (Å²) in [6.45, 7) is 0.734. The van der Waals surface area contributed by atoms with Crippen molar-refractivity contribution in [1.82, 2.24) is 5.32 Å². The van der Waals surface area contributed by atoms with E-state index < -0.39 is 0 Å². The maximum atomic E-state index is 11.7. The Morgan fingerprint density at radius 1 is 1.36 bits per heavy atom. The van der Waals surface area contributed by atoms with Crippen molar-refractivity contribution in [3.05, 3.63) is 29.5 Å². The van der Waals surface area contributed by atoms with Gasteiger partial charge in [-0.15, -0.1) is 0 Å². The van der Waals surface area contributed by atoms with Crippen molar-refractivity contribution >= 4 is 28.6 Å². The molecule has 1 amide bonds. The molecule has 0 atom stereocenters. The van der Waals surface area contributed by atoms with Crippen LogP contribution >= 0.6 is 11.8 Å². The maximum Gasteiger partial charge on any atom is 0.257 e. The van der Waals surface area contributed by atoms with Crippen molar-refractivity contribution in [2.24, 2.45) is 0 Å². The molecule has 4 nitrogen and oxygen atoms in total. The van der Waals surface area contributed by atoms with E-state index in [2.05, 4.69) is 5.32 Å². The highest BCUT2D eigenvalue weighted by molar-refractivity contribution is 7.98. The van der Waals surface area contributed by atoms with Gasteiger partial charge in [0.05, 0.1) is 0 Å². The SMILES string of the molecule is CSCCNC(=O)COc1ccc2oc3c(c2c1)CCCC3. The van der Waals surface area contributed by atoms with E-state index in [9.17, 15) is 4.79 Å². The summed E-state index contributed by atoms with van der Waals surface area (Å²) in [7, 11) is 0. The first-order valence-corrected chi connectivity index (χ1v) is 9.10. The van der Waals surface area contributed by atoms with Crippen LogP contribution in [0.5, 0.6) is 5.75 Å². The first-order valence-electron chi connectivity index (χ1n) is 7.70. The van der Waals surface area contributed by atoms with Crippen molar-refractivity contribution < 1.29 is 13.9 Å². The molecule has 2 aromatic rings. The Morgan fingerprint density at radius 2 is 2.23 bits per heavy atom. The predicted molar refractivity (Wildman–Crippen MR) is 89.7 cm³/mol. The summed E-state index contributed by atoms with van der Waals surface area (Å²) >= 11 is 1.71. The molecule has 0 unspecified atom stereocenters. The van der Waals surface area contributed by atoms with Crippen molar-refractivity contribution in [3.8, 4) is 5.75 Å². The van der Waals surface area contributed by atoms with E-state index in [1.54, 1.807) is 11.8 Å². The van der Waals surface area contributed by atoms with Gasteiger partial charge in [-0.25, -0.2) is 0 Å². The number of amides is 1. The van der Waals surface area contributed by atoms with Gasteiger partial charge in [-0.1, -0.05) is 0 Å². The maximum absolute atomic E-state index is 11.7. The van der Waals surface area contributed by atoms with Crippen LogP contribution in [-0.4, -0.2) is 31.1 Å². The minimum atomic E-state index is -0.0802. The van der Waals surface area contributed by atoms with E-state index in [4.69, 9.17) is 9.15 Å². The Balaban J connectivity index is 1.66. The Kier molecular flexibility index (Phi) is 4.93. The van der Waals surface area contributed by atoms with Gasteiger partial charge in [-0.3, -0.25) is 4.79 Å². The molecule has 0 aliphatic heterocycles. The molecule has 0 saturated heterocycles. The highest BCUT2D eigenvalue weighted by Gasteiger charge is 2.18. The smallest absolute Gasteiger partial charge is 0.257 e. The number of hydrogen-bond donors (Lipinski definition) is 1. The lowest BCUT2D eigenvalue weighted by molar-refractivity contribution is -0.122. The number of hydrogen-bond acceptors (Lipinski definition) is 4. The number of carbonyl (C=O) groups excluding carboxylic acids is 1. The molecule has 22 heavy (non-hydrogen) atoms. The molecule has 1 heterocycles. The molecular formula is C17H21NO3S. The molecule has 1 aliphatic carbocycles. The number of furan rings is 1. The summed E-state index contributed by atoms with van der Waals surface area (Å²) in [5.41, 5.74) is 2.24. The molecule has 0 spiro atoms. The lowest BCUT2D eigenvalue weighted by atomic mass is 9.96. The van der Waals surface area contributed by atoms with Crippen LogP contribution in [0, 0.1) is 0 Å². The lowest BCUT2D eigenvalue weighted by Crippen LogP contribution is -2.30. The van der Waals surface area contributed by atoms with E-state index in [0.29, 0.717) is 6.54 Å². The summed E-state index contributed by atoms with van der Waals surface area (Å²) in [6, 6.07) is 5.80. The van der Waals surface area contributed by atoms with Crippen molar-refractivity contribution in [2.45, 2.75) is 25.7 Å². The van der Waals surface area contributed by atoms with Crippen molar-refractivity contribution in [3.63, 3.8) is 0 Å². The number of thioether (sulfide) groups is 1. The van der Waals surface area contributed by atoms with Gasteiger partial charge >= 0.3 is 0 Å². The third-order valence-electron chi connectivity index (χ3n) is 3.92. The first-order chi connectivity index (χ1) is 10.8. The van der Waals surface area contributed by atoms with Gasteiger partial charge in [-0.2, -0.15) is 11.8 Å². The van der Waals surface area contributed by atoms with Gasteiger partial charge in [-0.05, 0) is 43.7 Å². The minimum absolute atomic E-state index is 0.0555. The normalized spacial score (nSPS) is 13.9. The van der Waals surface area contributed by atoms with Gasteiger partial charge in [0.1, 0.15) is 17.1 Å². The molecule has 0 radical (unpaired) electrons. The summed E-state index contributed by atoms with van der Waals surface area (Å²) in [5, 5.41) is 3.97. The molecule has 0 saturated carbocycles. The number of nitrogens with one attached hydrogen (secondary N) is 1. The molecule has 0 bridgehead atoms. The molecule has 1 N–H and O–H groups in total. The molecular weight excluding hydrogens is 298 g/mol. The topological polar surface area (TPSA) is 51.5 Å². The van der Waals surface area contributed by atoms with Crippen LogP contribution in [0.25, 0.3) is 11.0 Å². The number of aryl methyl sites for hydroxylation is 2. The van der Waals surface area contributed by atoms with Crippen LogP contribution in [0.3, 0.4) is 0 Å². The molecule has 1 aromatic carbocycles. The molecule has 5 heteroatoms. The first kappa shape index (κ1) is 15.3. The van der Waals surface area contributed by atoms with Gasteiger partial charge in [0.2, 0.25) is 0 Å². The second kappa shape index (κ2) is 7.09. The fraction of sp³-hybridized carbons (Fsp3) is 0.471. The monoisotopic (exact) mass is 319 g/mol. The second-order valence-corrected chi connectivity index (χ2v) is 6.49. The average molecular weight is 319 g/mol. The molecule has 118 valence electrons. The van der Waals surface area contributed by atoms with Gasteiger partial charge < -0.3 is 14.5 Å². The lowest BCUT2D eigenvalue weighted by Gasteiger charge is -2.09. The zero-order valence-electron chi connectivity index (χ0n) is 12.8. The largest absolute Gasteiger partial charge is 0.484 e. The van der Waals surface area contributed by atoms with E-state index in [0.717, 1.165) is 41.1 Å². The van der Waals surface area contributed by atoms with Crippen LogP contribution in [0.4, 0.5) is 0 Å². The fourth-order valence-corrected chi connectivity index (χ4v) is 3.13. The second-order valence-electron chi connectivity index (χ2n) is 5.50. The molecule has 0 fully saturated rings. The van der Waals surface area contributed by atoms with Gasteiger partial charge in [0.15, 0.2) is 6.61 Å². The summed E-state index contributed by atoms with van der Waals surface area (Å²) in [6.07, 6.45) is 6.53. The Labute approximate surface area is 134 Å². The van der Waals surface area contributed by atoms with Gasteiger partial charge in [0.25, 0.3) is 5.91 Å². The number of rotatable bonds is 6. The summed E-state index contributed by atoms with van der Waals surface area (Å²) in [5.74, 6) is 2.68. The summed E-state index contributed by atoms with van der Waals surface area (Å²) in [4.78, 5) is 11.7. The van der Waals surface area contributed by atoms with Crippen LogP contribution in [-0.2, 0) is 17.6 Å². The minimum Gasteiger partial charge on any atom is -0.484 e. The number of benzene rings is 1. The zero-order chi connectivity index (χ0) is 15.4. The molecule has 3 rings (SSSR count). The zero-order valence-corrected chi connectivity index (χ0v) is 13.6. The third-order valence-corrected chi connectivity index (χ3v) is 4.54. The Bertz CT molecular complexity index is 665. The standard InChI is InChI=1S/C17H21NO3S/c1-22-9-8-18-17(19)11-20-12-6-7-16-14(10-12)13-4-2-3-5-15(13)21-16/h6-7,10H,2-5,8-9,11H2,1H3,(H,18,19). The number of carbonyl (C=O) groups is 1. The number of ether oxygens (including phenoxy) is 1. The summed E-state index contributed by atoms with van der Waals surface area (Å²) < 4.78 is 11.5. The predicted octanol–water partition coefficient (Wildman–Crippen LogP) is 3.17. The van der Waals surface area contributed by atoms with Gasteiger partial charge in [0, 0.05) is 29.7 Å². The van der Waals surface area contributed by atoms with E-state index in [-0.39, 0.29) is 12.5 Å². The van der Waals surface area contributed by atoms with Crippen molar-refractivity contribution in [2.75, 3.05) is 25.2 Å². The van der Waals surface area contributed by atoms with Crippen LogP contribution in [0.2, 0.25) is 0 Å². The third kappa shape index (κ3) is 3.40. The van der Waals surface area contributed by atoms with E-state index >= 15 is 0 Å². The molecule has 1 aromatic heterocycles. The fourth-order valence-electron chi connectivity index (χ4n) is 2.82.